The molecule has 1 unspecified atom stereocenters. The van der Waals surface area contributed by atoms with Crippen LogP contribution in [0.4, 0.5) is 0 Å². The summed E-state index contributed by atoms with van der Waals surface area (Å²) in [6, 6.07) is 4.78. The smallest absolute Gasteiger partial charge is 0.320 e. The Balaban J connectivity index is 1.87. The largest absolute Gasteiger partial charge is 0.465 e. The summed E-state index contributed by atoms with van der Waals surface area (Å²) in [6.07, 6.45) is 4.35. The lowest BCUT2D eigenvalue weighted by Crippen LogP contribution is -2.30. The third kappa shape index (κ3) is 4.05. The molecule has 1 saturated heterocycles. The number of hydrogen-bond acceptors (Lipinski definition) is 4. The molecule has 1 aromatic heterocycles. The molecule has 0 bridgehead atoms. The van der Waals surface area contributed by atoms with Gasteiger partial charge in [0.2, 0.25) is 0 Å². The molecule has 0 N–H and O–H groups in total. The van der Waals surface area contributed by atoms with Crippen molar-refractivity contribution in [2.45, 2.75) is 45.6 Å². The van der Waals surface area contributed by atoms with Crippen molar-refractivity contribution in [1.82, 2.24) is 4.90 Å². The molecule has 1 aliphatic heterocycles. The van der Waals surface area contributed by atoms with Gasteiger partial charge in [-0.15, -0.1) is 11.3 Å². The zero-order chi connectivity index (χ0) is 13.7. The number of aryl methyl sites for hydroxylation is 1. The molecule has 1 fully saturated rings. The van der Waals surface area contributed by atoms with Crippen molar-refractivity contribution in [1.29, 1.82) is 0 Å². The molecule has 4 heteroatoms. The third-order valence-electron chi connectivity index (χ3n) is 3.55. The quantitative estimate of drug-likeness (QED) is 0.590. The van der Waals surface area contributed by atoms with E-state index in [0.29, 0.717) is 19.2 Å². The minimum atomic E-state index is -0.0753. The highest BCUT2D eigenvalue weighted by Crippen LogP contribution is 2.35. The number of rotatable bonds is 6. The van der Waals surface area contributed by atoms with Crippen molar-refractivity contribution in [2.24, 2.45) is 0 Å². The Morgan fingerprint density at radius 3 is 3.05 bits per heavy atom. The molecule has 0 aromatic carbocycles. The van der Waals surface area contributed by atoms with Gasteiger partial charge in [-0.05, 0) is 44.9 Å². The summed E-state index contributed by atoms with van der Waals surface area (Å²) in [5.74, 6) is -0.0753. The number of unbranched alkanes of at least 4 members (excludes halogenated alkanes) is 1. The lowest BCUT2D eigenvalue weighted by Gasteiger charge is -2.22. The molecule has 19 heavy (non-hydrogen) atoms. The van der Waals surface area contributed by atoms with Gasteiger partial charge in [0.05, 0.1) is 13.2 Å². The highest BCUT2D eigenvalue weighted by molar-refractivity contribution is 7.12. The Morgan fingerprint density at radius 2 is 2.37 bits per heavy atom. The maximum absolute atomic E-state index is 11.8. The Kier molecular flexibility index (Phi) is 5.40. The van der Waals surface area contributed by atoms with E-state index in [1.54, 1.807) is 0 Å². The van der Waals surface area contributed by atoms with Gasteiger partial charge < -0.3 is 4.74 Å². The standard InChI is InChI=1S/C15H23NO2S/c1-3-4-10-18-15(17)11-16-9-5-6-13(16)14-8-7-12(2)19-14/h7-8,13H,3-6,9-11H2,1-2H3. The van der Waals surface area contributed by atoms with Gasteiger partial charge in [0.1, 0.15) is 0 Å². The molecule has 1 atom stereocenters. The van der Waals surface area contributed by atoms with Gasteiger partial charge in [-0.1, -0.05) is 13.3 Å². The monoisotopic (exact) mass is 281 g/mol. The highest BCUT2D eigenvalue weighted by Gasteiger charge is 2.28. The van der Waals surface area contributed by atoms with Gasteiger partial charge in [-0.2, -0.15) is 0 Å². The summed E-state index contributed by atoms with van der Waals surface area (Å²) < 4.78 is 5.26. The Bertz CT molecular complexity index is 416. The van der Waals surface area contributed by atoms with Gasteiger partial charge in [0.25, 0.3) is 0 Å². The molecule has 0 aliphatic carbocycles. The van der Waals surface area contributed by atoms with Crippen LogP contribution >= 0.6 is 11.3 Å². The van der Waals surface area contributed by atoms with Crippen LogP contribution in [0.1, 0.15) is 48.4 Å². The van der Waals surface area contributed by atoms with E-state index in [1.807, 2.05) is 11.3 Å². The number of carbonyl (C=O) groups excluding carboxylic acids is 1. The number of nitrogens with zero attached hydrogens (tertiary/aromatic N) is 1. The first-order valence-corrected chi connectivity index (χ1v) is 7.98. The molecular formula is C15H23NO2S. The molecule has 0 radical (unpaired) electrons. The average Bonchev–Trinajstić information content (AvgIpc) is 2.98. The molecule has 0 spiro atoms. The number of thiophene rings is 1. The summed E-state index contributed by atoms with van der Waals surface area (Å²) in [5, 5.41) is 0. The molecule has 1 aliphatic rings. The highest BCUT2D eigenvalue weighted by atomic mass is 32.1. The van der Waals surface area contributed by atoms with Crippen LogP contribution in [0.5, 0.6) is 0 Å². The fraction of sp³-hybridized carbons (Fsp3) is 0.667. The van der Waals surface area contributed by atoms with Crippen LogP contribution in [0.3, 0.4) is 0 Å². The zero-order valence-corrected chi connectivity index (χ0v) is 12.7. The average molecular weight is 281 g/mol. The Labute approximate surface area is 119 Å². The molecule has 106 valence electrons. The summed E-state index contributed by atoms with van der Waals surface area (Å²) >= 11 is 1.84. The Hall–Kier alpha value is -0.870. The number of ether oxygens (including phenoxy) is 1. The van der Waals surface area contributed by atoms with Gasteiger partial charge in [0.15, 0.2) is 0 Å². The molecule has 1 aromatic rings. The topological polar surface area (TPSA) is 29.5 Å². The number of carbonyl (C=O) groups is 1. The predicted molar refractivity (Wildman–Crippen MR) is 78.5 cm³/mol. The summed E-state index contributed by atoms with van der Waals surface area (Å²) in [5.41, 5.74) is 0. The first-order chi connectivity index (χ1) is 9.20. The maximum Gasteiger partial charge on any atom is 0.320 e. The molecule has 0 amide bonds. The van der Waals surface area contributed by atoms with Crippen molar-refractivity contribution in [2.75, 3.05) is 19.7 Å². The van der Waals surface area contributed by atoms with E-state index in [0.717, 1.165) is 25.8 Å². The van der Waals surface area contributed by atoms with E-state index in [-0.39, 0.29) is 5.97 Å². The molecule has 3 nitrogen and oxygen atoms in total. The summed E-state index contributed by atoms with van der Waals surface area (Å²) in [4.78, 5) is 16.8. The lowest BCUT2D eigenvalue weighted by molar-refractivity contribution is -0.145. The van der Waals surface area contributed by atoms with Crippen LogP contribution in [-0.4, -0.2) is 30.6 Å². The molecule has 2 heterocycles. The van der Waals surface area contributed by atoms with Crippen molar-refractivity contribution in [3.05, 3.63) is 21.9 Å². The SMILES string of the molecule is CCCCOC(=O)CN1CCCC1c1ccc(C)s1. The van der Waals surface area contributed by atoms with Crippen LogP contribution in [0.25, 0.3) is 0 Å². The minimum Gasteiger partial charge on any atom is -0.465 e. The zero-order valence-electron chi connectivity index (χ0n) is 11.9. The van der Waals surface area contributed by atoms with Gasteiger partial charge in [0, 0.05) is 15.8 Å². The minimum absolute atomic E-state index is 0.0753. The number of hydrogen-bond donors (Lipinski definition) is 0. The lowest BCUT2D eigenvalue weighted by atomic mass is 10.2. The van der Waals surface area contributed by atoms with Crippen LogP contribution < -0.4 is 0 Å². The third-order valence-corrected chi connectivity index (χ3v) is 4.65. The van der Waals surface area contributed by atoms with E-state index in [4.69, 9.17) is 4.74 Å². The van der Waals surface area contributed by atoms with Gasteiger partial charge >= 0.3 is 5.97 Å². The summed E-state index contributed by atoms with van der Waals surface area (Å²) in [6.45, 7) is 6.23. The van der Waals surface area contributed by atoms with Gasteiger partial charge in [-0.3, -0.25) is 9.69 Å². The molecule has 0 saturated carbocycles. The molecular weight excluding hydrogens is 258 g/mol. The van der Waals surface area contributed by atoms with Crippen LogP contribution in [0, 0.1) is 6.92 Å². The number of esters is 1. The van der Waals surface area contributed by atoms with E-state index < -0.39 is 0 Å². The van der Waals surface area contributed by atoms with Crippen LogP contribution in [-0.2, 0) is 9.53 Å². The second-order valence-electron chi connectivity index (χ2n) is 5.15. The van der Waals surface area contributed by atoms with Gasteiger partial charge in [-0.25, -0.2) is 0 Å². The number of likely N-dealkylation sites (tertiary alicyclic amines) is 1. The first-order valence-electron chi connectivity index (χ1n) is 7.16. The van der Waals surface area contributed by atoms with Crippen LogP contribution in [0.2, 0.25) is 0 Å². The normalized spacial score (nSPS) is 19.8. The second kappa shape index (κ2) is 7.06. The first kappa shape index (κ1) is 14.5. The second-order valence-corrected chi connectivity index (χ2v) is 6.47. The fourth-order valence-electron chi connectivity index (χ4n) is 2.51. The molecule has 2 rings (SSSR count). The van der Waals surface area contributed by atoms with Crippen molar-refractivity contribution in [3.63, 3.8) is 0 Å². The predicted octanol–water partition coefficient (Wildman–Crippen LogP) is 3.54. The van der Waals surface area contributed by atoms with E-state index in [9.17, 15) is 4.79 Å². The van der Waals surface area contributed by atoms with Crippen molar-refractivity contribution in [3.8, 4) is 0 Å². The maximum atomic E-state index is 11.8. The van der Waals surface area contributed by atoms with E-state index in [2.05, 4.69) is 30.9 Å². The van der Waals surface area contributed by atoms with Crippen LogP contribution in [0.15, 0.2) is 12.1 Å². The van der Waals surface area contributed by atoms with Crippen molar-refractivity contribution < 1.29 is 9.53 Å². The van der Waals surface area contributed by atoms with E-state index >= 15 is 0 Å². The van der Waals surface area contributed by atoms with E-state index in [1.165, 1.54) is 16.2 Å². The summed E-state index contributed by atoms with van der Waals surface area (Å²) in [7, 11) is 0. The van der Waals surface area contributed by atoms with Crippen molar-refractivity contribution >= 4 is 17.3 Å². The fourth-order valence-corrected chi connectivity index (χ4v) is 3.56. The Morgan fingerprint density at radius 1 is 1.53 bits per heavy atom.